The van der Waals surface area contributed by atoms with E-state index < -0.39 is 34.4 Å². The molecule has 0 aliphatic carbocycles. The molecule has 2 heterocycles. The van der Waals surface area contributed by atoms with Gasteiger partial charge in [-0.25, -0.2) is 14.6 Å². The molecule has 0 amide bonds. The normalized spacial score (nSPS) is 12.6. The van der Waals surface area contributed by atoms with E-state index in [1.165, 1.54) is 37.4 Å². The molecule has 0 radical (unpaired) electrons. The maximum Gasteiger partial charge on any atom is 0.431 e. The fraction of sp³-hybridized carbons (Fsp3) is 0.174. The second-order valence-corrected chi connectivity index (χ2v) is 9.86. The molecule has 0 saturated carbocycles. The van der Waals surface area contributed by atoms with E-state index >= 15 is 0 Å². The van der Waals surface area contributed by atoms with Crippen LogP contribution in [0.5, 0.6) is 0 Å². The average molecular weight is 561 g/mol. The Morgan fingerprint density at radius 2 is 1.68 bits per heavy atom. The van der Waals surface area contributed by atoms with E-state index in [-0.39, 0.29) is 21.3 Å². The fourth-order valence-electron chi connectivity index (χ4n) is 3.36. The first-order valence-corrected chi connectivity index (χ1v) is 11.6. The molecule has 0 aliphatic heterocycles. The van der Waals surface area contributed by atoms with Crippen molar-refractivity contribution < 1.29 is 45.4 Å². The molecule has 0 spiro atoms. The van der Waals surface area contributed by atoms with Gasteiger partial charge in [-0.05, 0) is 41.5 Å². The lowest BCUT2D eigenvalue weighted by Crippen LogP contribution is -2.53. The van der Waals surface area contributed by atoms with Gasteiger partial charge in [0, 0.05) is 22.5 Å². The lowest BCUT2D eigenvalue weighted by atomic mass is 10.0. The van der Waals surface area contributed by atoms with Crippen molar-refractivity contribution in [1.82, 2.24) is 4.98 Å². The summed E-state index contributed by atoms with van der Waals surface area (Å²) in [7, 11) is 1.24. The van der Waals surface area contributed by atoms with Crippen LogP contribution in [0, 0.1) is 0 Å². The average Bonchev–Trinajstić information content (AvgIpc) is 3.29. The van der Waals surface area contributed by atoms with Crippen LogP contribution in [0.15, 0.2) is 73.2 Å². The molecule has 0 bridgehead atoms. The summed E-state index contributed by atoms with van der Waals surface area (Å²) in [4.78, 5) is 26.3. The van der Waals surface area contributed by atoms with E-state index in [4.69, 9.17) is 4.42 Å². The first-order chi connectivity index (χ1) is 17.2. The number of ether oxygens (including phenoxy) is 1. The maximum absolute atomic E-state index is 13.1. The molecule has 6 nitrogen and oxygen atoms in total. The van der Waals surface area contributed by atoms with Crippen molar-refractivity contribution in [1.29, 1.82) is 0 Å². The molecule has 0 unspecified atom stereocenters. The smallest absolute Gasteiger partial charge is 0.431 e. The number of aromatic nitrogens is 1. The van der Waals surface area contributed by atoms with Gasteiger partial charge in [0.2, 0.25) is 0 Å². The molecule has 37 heavy (non-hydrogen) atoms. The number of esters is 1. The number of carbonyl (C=O) groups is 1. The van der Waals surface area contributed by atoms with Crippen LogP contribution in [0.25, 0.3) is 22.1 Å². The summed E-state index contributed by atoms with van der Waals surface area (Å²) in [6.45, 7) is 0. The van der Waals surface area contributed by atoms with Crippen molar-refractivity contribution >= 4 is 40.0 Å². The number of nitrogens with zero attached hydrogens (tertiary/aromatic N) is 1. The maximum atomic E-state index is 13.1. The Morgan fingerprint density at radius 1 is 1.03 bits per heavy atom. The minimum absolute atomic E-state index is 0.0342. The fourth-order valence-corrected chi connectivity index (χ4v) is 5.47. The van der Waals surface area contributed by atoms with Crippen LogP contribution < -0.4 is 5.63 Å². The van der Waals surface area contributed by atoms with Crippen LogP contribution >= 0.6 is 23.1 Å². The number of hydrogen-bond acceptors (Lipinski definition) is 8. The lowest BCUT2D eigenvalue weighted by Gasteiger charge is -2.30. The minimum Gasteiger partial charge on any atom is -0.465 e. The second-order valence-electron chi connectivity index (χ2n) is 7.50. The van der Waals surface area contributed by atoms with E-state index in [0.29, 0.717) is 33.2 Å². The summed E-state index contributed by atoms with van der Waals surface area (Å²) in [6, 6.07) is 11.9. The minimum atomic E-state index is -6.02. The Hall–Kier alpha value is -3.36. The molecular weight excluding hydrogens is 548 g/mol. The van der Waals surface area contributed by atoms with Gasteiger partial charge >= 0.3 is 23.9 Å². The monoisotopic (exact) mass is 561 g/mol. The highest BCUT2D eigenvalue weighted by Crippen LogP contribution is 2.52. The number of benzene rings is 2. The van der Waals surface area contributed by atoms with Crippen LogP contribution in [0.4, 0.5) is 26.3 Å². The number of aliphatic hydroxyl groups is 1. The number of halogens is 6. The summed E-state index contributed by atoms with van der Waals surface area (Å²) < 4.78 is 88.4. The van der Waals surface area contributed by atoms with Crippen LogP contribution in [0.1, 0.15) is 15.2 Å². The molecule has 0 atom stereocenters. The zero-order chi connectivity index (χ0) is 27.2. The van der Waals surface area contributed by atoms with Crippen molar-refractivity contribution in [2.75, 3.05) is 7.11 Å². The van der Waals surface area contributed by atoms with Crippen LogP contribution in [-0.4, -0.2) is 35.5 Å². The number of alkyl halides is 6. The summed E-state index contributed by atoms with van der Waals surface area (Å²) >= 11 is 0.758. The van der Waals surface area contributed by atoms with Gasteiger partial charge in [0.05, 0.1) is 17.6 Å². The Bertz CT molecular complexity index is 1510. The first-order valence-electron chi connectivity index (χ1n) is 10.0. The molecule has 0 aliphatic rings. The van der Waals surface area contributed by atoms with Gasteiger partial charge in [-0.1, -0.05) is 23.9 Å². The molecule has 14 heteroatoms. The predicted octanol–water partition coefficient (Wildman–Crippen LogP) is 6.17. The third kappa shape index (κ3) is 4.95. The molecular formula is C23H13F6NO5S2. The van der Waals surface area contributed by atoms with E-state index in [1.54, 1.807) is 18.2 Å². The standard InChI is InChI=1S/C23H13F6NO5S2/c1-34-19(32)12-4-2-11(3-5-12)15-9-18(31)35-16-8-13(6-7-14(15)16)36-20-30-10-17(37-20)21(33,22(24,25)26)23(27,28)29/h2-10,33H,1H3. The van der Waals surface area contributed by atoms with E-state index in [0.717, 1.165) is 11.8 Å². The summed E-state index contributed by atoms with van der Waals surface area (Å²) in [5.74, 6) is -0.542. The predicted molar refractivity (Wildman–Crippen MR) is 122 cm³/mol. The number of hydrogen-bond donors (Lipinski definition) is 1. The quantitative estimate of drug-likeness (QED) is 0.177. The Balaban J connectivity index is 1.68. The summed E-state index contributed by atoms with van der Waals surface area (Å²) in [5, 5.41) is 10.0. The van der Waals surface area contributed by atoms with Gasteiger partial charge in [-0.2, -0.15) is 26.3 Å². The highest BCUT2D eigenvalue weighted by Gasteiger charge is 2.72. The first kappa shape index (κ1) is 26.7. The van der Waals surface area contributed by atoms with Crippen LogP contribution in [0.2, 0.25) is 0 Å². The van der Waals surface area contributed by atoms with Gasteiger partial charge in [0.25, 0.3) is 5.60 Å². The van der Waals surface area contributed by atoms with Crippen molar-refractivity contribution in [3.05, 3.63) is 75.6 Å². The van der Waals surface area contributed by atoms with Crippen LogP contribution in [-0.2, 0) is 10.3 Å². The third-order valence-electron chi connectivity index (χ3n) is 5.20. The van der Waals surface area contributed by atoms with Crippen molar-refractivity contribution in [2.24, 2.45) is 0 Å². The topological polar surface area (TPSA) is 89.6 Å². The van der Waals surface area contributed by atoms with E-state index in [2.05, 4.69) is 9.72 Å². The van der Waals surface area contributed by atoms with Gasteiger partial charge in [0.1, 0.15) is 5.58 Å². The Labute approximate surface area is 211 Å². The zero-order valence-electron chi connectivity index (χ0n) is 18.3. The van der Waals surface area contributed by atoms with Gasteiger partial charge in [-0.3, -0.25) is 0 Å². The number of fused-ring (bicyclic) bond motifs is 1. The number of carbonyl (C=O) groups excluding carboxylic acids is 1. The van der Waals surface area contributed by atoms with Crippen molar-refractivity contribution in [3.8, 4) is 11.1 Å². The highest BCUT2D eigenvalue weighted by atomic mass is 32.2. The Morgan fingerprint density at radius 3 is 2.27 bits per heavy atom. The van der Waals surface area contributed by atoms with E-state index in [1.807, 2.05) is 0 Å². The Kier molecular flexibility index (Phi) is 6.86. The van der Waals surface area contributed by atoms with Crippen molar-refractivity contribution in [3.63, 3.8) is 0 Å². The number of rotatable bonds is 5. The molecule has 2 aromatic carbocycles. The van der Waals surface area contributed by atoms with Crippen molar-refractivity contribution in [2.45, 2.75) is 27.2 Å². The van der Waals surface area contributed by atoms with Crippen LogP contribution in [0.3, 0.4) is 0 Å². The summed E-state index contributed by atoms with van der Waals surface area (Å²) in [5.41, 5.74) is -4.33. The van der Waals surface area contributed by atoms with Gasteiger partial charge < -0.3 is 14.3 Å². The SMILES string of the molecule is COC(=O)c1ccc(-c2cc(=O)oc3cc(Sc4ncc(C(O)(C(F)(F)F)C(F)(F)F)s4)ccc23)cc1. The lowest BCUT2D eigenvalue weighted by molar-refractivity contribution is -0.375. The largest absolute Gasteiger partial charge is 0.465 e. The van der Waals surface area contributed by atoms with Gasteiger partial charge in [-0.15, -0.1) is 11.3 Å². The number of thiazole rings is 1. The molecule has 4 aromatic rings. The molecule has 4 rings (SSSR count). The highest BCUT2D eigenvalue weighted by molar-refractivity contribution is 8.01. The van der Waals surface area contributed by atoms with E-state index in [9.17, 15) is 41.0 Å². The molecule has 0 fully saturated rings. The molecule has 2 aromatic heterocycles. The summed E-state index contributed by atoms with van der Waals surface area (Å²) in [6.07, 6.45) is -11.7. The molecule has 1 N–H and O–H groups in total. The second kappa shape index (κ2) is 9.50. The van der Waals surface area contributed by atoms with Gasteiger partial charge in [0.15, 0.2) is 4.34 Å². The number of methoxy groups -OCH3 is 1. The third-order valence-corrected chi connectivity index (χ3v) is 7.37. The molecule has 0 saturated heterocycles. The zero-order valence-corrected chi connectivity index (χ0v) is 19.9. The molecule has 194 valence electrons.